The molecule has 3 N–H and O–H groups in total. The van der Waals surface area contributed by atoms with Crippen LogP contribution >= 0.6 is 0 Å². The van der Waals surface area contributed by atoms with Crippen molar-refractivity contribution < 1.29 is 19.4 Å². The van der Waals surface area contributed by atoms with E-state index in [1.165, 1.54) is 16.0 Å². The van der Waals surface area contributed by atoms with E-state index in [4.69, 9.17) is 9.47 Å². The Balaban J connectivity index is 1.69. The van der Waals surface area contributed by atoms with Gasteiger partial charge in [0.1, 0.15) is 18.2 Å². The van der Waals surface area contributed by atoms with E-state index in [0.29, 0.717) is 13.2 Å². The maximum atomic E-state index is 9.89. The zero-order valence-electron chi connectivity index (χ0n) is 15.6. The van der Waals surface area contributed by atoms with E-state index in [2.05, 4.69) is 28.3 Å². The third-order valence-corrected chi connectivity index (χ3v) is 5.70. The highest BCUT2D eigenvalue weighted by molar-refractivity contribution is 5.61. The third-order valence-electron chi connectivity index (χ3n) is 5.70. The molecule has 0 amide bonds. The van der Waals surface area contributed by atoms with Gasteiger partial charge < -0.3 is 19.7 Å². The second-order valence-corrected chi connectivity index (χ2v) is 7.54. The third kappa shape index (κ3) is 3.50. The number of aromatic amines is 1. The number of hydrogen-bond acceptors (Lipinski definition) is 5. The van der Waals surface area contributed by atoms with Crippen molar-refractivity contribution in [3.05, 3.63) is 16.7 Å². The molecule has 0 aliphatic carbocycles. The molecule has 1 unspecified atom stereocenters. The molecule has 1 aromatic rings. The van der Waals surface area contributed by atoms with Gasteiger partial charge in [-0.15, -0.1) is 0 Å². The number of hydrogen-bond donors (Lipinski definition) is 2. The van der Waals surface area contributed by atoms with Crippen molar-refractivity contribution in [3.8, 4) is 6.07 Å². The maximum absolute atomic E-state index is 9.89. The van der Waals surface area contributed by atoms with Gasteiger partial charge >= 0.3 is 0 Å². The summed E-state index contributed by atoms with van der Waals surface area (Å²) in [4.78, 5) is 7.31. The number of quaternary nitrogens is 1. The van der Waals surface area contributed by atoms with E-state index in [1.54, 1.807) is 0 Å². The monoisotopic (exact) mass is 359 g/mol. The van der Waals surface area contributed by atoms with Crippen molar-refractivity contribution in [2.45, 2.75) is 31.9 Å². The fourth-order valence-corrected chi connectivity index (χ4v) is 4.22. The molecule has 2 saturated heterocycles. The first-order valence-electron chi connectivity index (χ1n) is 9.77. The minimum atomic E-state index is 0.287. The van der Waals surface area contributed by atoms with Crippen LogP contribution in [0, 0.1) is 11.3 Å². The van der Waals surface area contributed by atoms with Crippen LogP contribution in [0.15, 0.2) is 0 Å². The van der Waals surface area contributed by atoms with Gasteiger partial charge in [0.15, 0.2) is 0 Å². The van der Waals surface area contributed by atoms with Crippen molar-refractivity contribution in [3.63, 3.8) is 0 Å². The number of fused-ring (bicyclic) bond motifs is 1. The molecule has 0 aromatic carbocycles. The Labute approximate surface area is 154 Å². The number of nitrogens with one attached hydrogen (secondary N) is 3. The lowest BCUT2D eigenvalue weighted by Crippen LogP contribution is -3.08. The summed E-state index contributed by atoms with van der Waals surface area (Å²) in [6, 6.07) is 2.48. The van der Waals surface area contributed by atoms with Gasteiger partial charge in [0.2, 0.25) is 11.6 Å². The number of nitrogens with zero attached hydrogens (tertiary/aromatic N) is 2. The molecule has 2 atom stereocenters. The minimum Gasteiger partial charge on any atom is -0.375 e. The first-order valence-corrected chi connectivity index (χ1v) is 9.77. The largest absolute Gasteiger partial charge is 0.375 e. The average molecular weight is 359 g/mol. The van der Waals surface area contributed by atoms with E-state index in [0.717, 1.165) is 75.8 Å². The van der Waals surface area contributed by atoms with Gasteiger partial charge in [-0.2, -0.15) is 5.26 Å². The van der Waals surface area contributed by atoms with Crippen LogP contribution in [-0.2, 0) is 22.4 Å². The number of ether oxygens (including phenoxy) is 2. The van der Waals surface area contributed by atoms with Crippen LogP contribution in [0.3, 0.4) is 0 Å². The number of pyridine rings is 1. The summed E-state index contributed by atoms with van der Waals surface area (Å²) >= 11 is 0. The van der Waals surface area contributed by atoms with Crippen molar-refractivity contribution in [2.75, 3.05) is 63.3 Å². The Hall–Kier alpha value is -1.88. The molecule has 2 fully saturated rings. The molecule has 4 heterocycles. The van der Waals surface area contributed by atoms with Crippen LogP contribution in [0.5, 0.6) is 0 Å². The van der Waals surface area contributed by atoms with Crippen LogP contribution in [0.25, 0.3) is 0 Å². The van der Waals surface area contributed by atoms with Gasteiger partial charge in [-0.1, -0.05) is 0 Å². The van der Waals surface area contributed by atoms with Gasteiger partial charge in [0.25, 0.3) is 0 Å². The topological polar surface area (TPSA) is 76.1 Å². The minimum absolute atomic E-state index is 0.287. The van der Waals surface area contributed by atoms with Gasteiger partial charge in [-0.05, 0) is 18.4 Å². The zero-order valence-corrected chi connectivity index (χ0v) is 15.6. The molecule has 3 aliphatic heterocycles. The van der Waals surface area contributed by atoms with Gasteiger partial charge in [-0.25, -0.2) is 4.98 Å². The Bertz CT molecular complexity index is 690. The number of anilines is 2. The molecular formula is C19H29N5O2+2. The standard InChI is InChI=1S/C19H27N5O2/c1-23-5-4-15-16(11-20)19(24-6-9-25-10-7-24)22-18(17(15)13-23)21-12-14-3-2-8-26-14/h14H,2-10,12-13H2,1H3,(H,21,22)/p+2/t14-/m0/s1. The predicted octanol–water partition coefficient (Wildman–Crippen LogP) is -0.629. The van der Waals surface area contributed by atoms with Crippen molar-refractivity contribution in [2.24, 2.45) is 0 Å². The summed E-state index contributed by atoms with van der Waals surface area (Å²) in [6.45, 7) is 6.75. The lowest BCUT2D eigenvalue weighted by Gasteiger charge is -2.28. The van der Waals surface area contributed by atoms with E-state index in [9.17, 15) is 5.26 Å². The van der Waals surface area contributed by atoms with Gasteiger partial charge in [0, 0.05) is 13.0 Å². The molecule has 0 bridgehead atoms. The van der Waals surface area contributed by atoms with Crippen LogP contribution in [-0.4, -0.2) is 59.2 Å². The van der Waals surface area contributed by atoms with Crippen molar-refractivity contribution in [1.82, 2.24) is 0 Å². The fraction of sp³-hybridized carbons (Fsp3) is 0.684. The molecule has 4 rings (SSSR count). The Morgan fingerprint density at radius 3 is 2.88 bits per heavy atom. The van der Waals surface area contributed by atoms with Crippen LogP contribution in [0.4, 0.5) is 11.6 Å². The second kappa shape index (κ2) is 7.78. The fourth-order valence-electron chi connectivity index (χ4n) is 4.22. The van der Waals surface area contributed by atoms with E-state index >= 15 is 0 Å². The number of morpholine rings is 1. The molecule has 140 valence electrons. The normalized spacial score (nSPS) is 25.6. The Morgan fingerprint density at radius 1 is 1.31 bits per heavy atom. The lowest BCUT2D eigenvalue weighted by atomic mass is 9.95. The molecule has 0 saturated carbocycles. The smallest absolute Gasteiger partial charge is 0.240 e. The number of rotatable bonds is 4. The molecule has 7 nitrogen and oxygen atoms in total. The number of likely N-dealkylation sites (N-methyl/N-ethyl adjacent to an activating group) is 1. The molecule has 26 heavy (non-hydrogen) atoms. The summed E-state index contributed by atoms with van der Waals surface area (Å²) in [5.74, 6) is 2.01. The molecule has 0 radical (unpaired) electrons. The lowest BCUT2D eigenvalue weighted by molar-refractivity contribution is -0.895. The highest BCUT2D eigenvalue weighted by atomic mass is 16.5. The summed E-state index contributed by atoms with van der Waals surface area (Å²) in [5, 5.41) is 13.5. The summed E-state index contributed by atoms with van der Waals surface area (Å²) in [7, 11) is 2.22. The maximum Gasteiger partial charge on any atom is 0.240 e. The second-order valence-electron chi connectivity index (χ2n) is 7.54. The van der Waals surface area contributed by atoms with Gasteiger partial charge in [-0.3, -0.25) is 4.90 Å². The first kappa shape index (κ1) is 17.5. The van der Waals surface area contributed by atoms with E-state index in [1.807, 2.05) is 0 Å². The van der Waals surface area contributed by atoms with Crippen LogP contribution < -0.4 is 20.1 Å². The molecule has 7 heteroatoms. The summed E-state index contributed by atoms with van der Waals surface area (Å²) in [6.07, 6.45) is 3.50. The van der Waals surface area contributed by atoms with E-state index < -0.39 is 0 Å². The molecule has 0 spiro atoms. The van der Waals surface area contributed by atoms with Crippen LogP contribution in [0.1, 0.15) is 29.5 Å². The summed E-state index contributed by atoms with van der Waals surface area (Å²) in [5.41, 5.74) is 3.30. The van der Waals surface area contributed by atoms with Gasteiger partial charge in [0.05, 0.1) is 58.1 Å². The molecular weight excluding hydrogens is 330 g/mol. The van der Waals surface area contributed by atoms with E-state index in [-0.39, 0.29) is 6.10 Å². The molecule has 3 aliphatic rings. The van der Waals surface area contributed by atoms with Crippen LogP contribution in [0.2, 0.25) is 0 Å². The average Bonchev–Trinajstić information content (AvgIpc) is 3.20. The Morgan fingerprint density at radius 2 is 2.15 bits per heavy atom. The SMILES string of the molecule is C[NH+]1CCc2c(C#N)c(N3CCOCC3)[nH+]c(NC[C@@H]3CCCO3)c2C1. The highest BCUT2D eigenvalue weighted by Crippen LogP contribution is 2.28. The number of H-pyrrole nitrogens is 1. The highest BCUT2D eigenvalue weighted by Gasteiger charge is 2.32. The molecule has 1 aromatic heterocycles. The van der Waals surface area contributed by atoms with Crippen molar-refractivity contribution in [1.29, 1.82) is 5.26 Å². The summed E-state index contributed by atoms with van der Waals surface area (Å²) < 4.78 is 11.3. The van der Waals surface area contributed by atoms with Crippen molar-refractivity contribution >= 4 is 11.6 Å². The first-order chi connectivity index (χ1) is 12.8. The number of aromatic nitrogens is 1. The quantitative estimate of drug-likeness (QED) is 0.749. The zero-order chi connectivity index (χ0) is 17.9. The number of nitriles is 1. The Kier molecular flexibility index (Phi) is 5.25. The predicted molar refractivity (Wildman–Crippen MR) is 97.4 cm³/mol.